The lowest BCUT2D eigenvalue weighted by molar-refractivity contribution is -0.123. The highest BCUT2D eigenvalue weighted by molar-refractivity contribution is 7.89. The van der Waals surface area contributed by atoms with Crippen molar-refractivity contribution in [2.24, 2.45) is 0 Å². The average Bonchev–Trinajstić information content (AvgIpc) is 2.72. The van der Waals surface area contributed by atoms with Crippen molar-refractivity contribution in [2.75, 3.05) is 26.8 Å². The summed E-state index contributed by atoms with van der Waals surface area (Å²) >= 11 is 0. The van der Waals surface area contributed by atoms with Crippen LogP contribution in [0.1, 0.15) is 19.4 Å². The van der Waals surface area contributed by atoms with E-state index in [-0.39, 0.29) is 24.0 Å². The zero-order chi connectivity index (χ0) is 20.6. The summed E-state index contributed by atoms with van der Waals surface area (Å²) in [5, 5.41) is 2.75. The Labute approximate surface area is 166 Å². The summed E-state index contributed by atoms with van der Waals surface area (Å²) in [6.07, 6.45) is 0. The number of amides is 1. The zero-order valence-electron chi connectivity index (χ0n) is 16.3. The van der Waals surface area contributed by atoms with Gasteiger partial charge in [0.25, 0.3) is 5.91 Å². The van der Waals surface area contributed by atoms with E-state index in [4.69, 9.17) is 9.47 Å². The van der Waals surface area contributed by atoms with Gasteiger partial charge in [0.1, 0.15) is 11.5 Å². The van der Waals surface area contributed by atoms with E-state index in [1.54, 1.807) is 69.5 Å². The maximum atomic E-state index is 12.5. The van der Waals surface area contributed by atoms with Crippen LogP contribution < -0.4 is 14.8 Å². The van der Waals surface area contributed by atoms with Gasteiger partial charge >= 0.3 is 0 Å². The number of rotatable bonds is 10. The minimum Gasteiger partial charge on any atom is -0.497 e. The number of hydrogen-bond donors (Lipinski definition) is 1. The van der Waals surface area contributed by atoms with Crippen LogP contribution in [0.15, 0.2) is 53.4 Å². The van der Waals surface area contributed by atoms with Crippen LogP contribution in [0.2, 0.25) is 0 Å². The molecule has 0 fully saturated rings. The van der Waals surface area contributed by atoms with Crippen LogP contribution in [0.4, 0.5) is 0 Å². The van der Waals surface area contributed by atoms with Gasteiger partial charge in [-0.1, -0.05) is 26.0 Å². The molecular formula is C20H26N2O5S. The average molecular weight is 407 g/mol. The van der Waals surface area contributed by atoms with E-state index in [1.807, 2.05) is 0 Å². The third-order valence-corrected chi connectivity index (χ3v) is 6.25. The number of hydrogen-bond acceptors (Lipinski definition) is 5. The Morgan fingerprint density at radius 3 is 2.07 bits per heavy atom. The number of ether oxygens (including phenoxy) is 2. The van der Waals surface area contributed by atoms with Crippen LogP contribution in [0, 0.1) is 0 Å². The van der Waals surface area contributed by atoms with E-state index in [1.165, 1.54) is 4.31 Å². The Balaban J connectivity index is 1.86. The monoisotopic (exact) mass is 406 g/mol. The summed E-state index contributed by atoms with van der Waals surface area (Å²) < 4.78 is 36.8. The number of nitrogens with one attached hydrogen (secondary N) is 1. The van der Waals surface area contributed by atoms with Gasteiger partial charge in [-0.05, 0) is 42.0 Å². The molecule has 28 heavy (non-hydrogen) atoms. The fraction of sp³-hybridized carbons (Fsp3) is 0.350. The molecule has 0 unspecified atom stereocenters. The molecule has 0 aromatic heterocycles. The first kappa shape index (κ1) is 21.7. The molecule has 1 N–H and O–H groups in total. The Kier molecular flexibility index (Phi) is 7.83. The molecule has 152 valence electrons. The van der Waals surface area contributed by atoms with Gasteiger partial charge in [-0.2, -0.15) is 4.31 Å². The molecule has 0 aliphatic rings. The number of benzene rings is 2. The van der Waals surface area contributed by atoms with Gasteiger partial charge in [0.15, 0.2) is 6.61 Å². The predicted octanol–water partition coefficient (Wildman–Crippen LogP) is 2.42. The van der Waals surface area contributed by atoms with Crippen molar-refractivity contribution in [2.45, 2.75) is 25.3 Å². The Hall–Kier alpha value is -2.58. The molecule has 7 nitrogen and oxygen atoms in total. The van der Waals surface area contributed by atoms with Crippen LogP contribution in [0.3, 0.4) is 0 Å². The van der Waals surface area contributed by atoms with Gasteiger partial charge in [0, 0.05) is 19.6 Å². The Morgan fingerprint density at radius 2 is 1.54 bits per heavy atom. The largest absolute Gasteiger partial charge is 0.497 e. The molecule has 2 aromatic carbocycles. The molecule has 0 spiro atoms. The minimum absolute atomic E-state index is 0.110. The molecule has 8 heteroatoms. The second kappa shape index (κ2) is 10.1. The van der Waals surface area contributed by atoms with E-state index in [0.29, 0.717) is 24.6 Å². The molecular weight excluding hydrogens is 380 g/mol. The predicted molar refractivity (Wildman–Crippen MR) is 107 cm³/mol. The van der Waals surface area contributed by atoms with Gasteiger partial charge in [-0.15, -0.1) is 0 Å². The van der Waals surface area contributed by atoms with E-state index >= 15 is 0 Å². The molecule has 0 saturated carbocycles. The third kappa shape index (κ3) is 5.71. The number of sulfonamides is 1. The number of methoxy groups -OCH3 is 1. The first-order valence-electron chi connectivity index (χ1n) is 9.03. The summed E-state index contributed by atoms with van der Waals surface area (Å²) in [5.41, 5.74) is 0.802. The topological polar surface area (TPSA) is 84.9 Å². The van der Waals surface area contributed by atoms with Gasteiger partial charge in [0.2, 0.25) is 10.0 Å². The lowest BCUT2D eigenvalue weighted by atomic mass is 10.2. The lowest BCUT2D eigenvalue weighted by Gasteiger charge is -2.18. The molecule has 1 amide bonds. The summed E-state index contributed by atoms with van der Waals surface area (Å²) in [4.78, 5) is 12.2. The Bertz CT molecular complexity index is 860. The lowest BCUT2D eigenvalue weighted by Crippen LogP contribution is -2.30. The highest BCUT2D eigenvalue weighted by atomic mass is 32.2. The summed E-state index contributed by atoms with van der Waals surface area (Å²) in [6.45, 7) is 4.63. The normalized spacial score (nSPS) is 11.3. The van der Waals surface area contributed by atoms with Crippen molar-refractivity contribution in [1.29, 1.82) is 0 Å². The van der Waals surface area contributed by atoms with Crippen LogP contribution in [0.25, 0.3) is 0 Å². The second-order valence-electron chi connectivity index (χ2n) is 5.97. The first-order valence-corrected chi connectivity index (χ1v) is 10.5. The van der Waals surface area contributed by atoms with Crippen LogP contribution in [0.5, 0.6) is 11.5 Å². The van der Waals surface area contributed by atoms with Crippen molar-refractivity contribution in [3.05, 3.63) is 54.1 Å². The van der Waals surface area contributed by atoms with E-state index in [0.717, 1.165) is 5.56 Å². The fourth-order valence-corrected chi connectivity index (χ4v) is 4.02. The van der Waals surface area contributed by atoms with Crippen molar-refractivity contribution in [3.63, 3.8) is 0 Å². The van der Waals surface area contributed by atoms with E-state index in [2.05, 4.69) is 5.32 Å². The summed E-state index contributed by atoms with van der Waals surface area (Å²) in [5.74, 6) is 1.01. The smallest absolute Gasteiger partial charge is 0.258 e. The van der Waals surface area contributed by atoms with Crippen LogP contribution in [-0.4, -0.2) is 45.4 Å². The maximum Gasteiger partial charge on any atom is 0.258 e. The van der Waals surface area contributed by atoms with Crippen LogP contribution >= 0.6 is 0 Å². The highest BCUT2D eigenvalue weighted by Gasteiger charge is 2.21. The molecule has 2 aromatic rings. The van der Waals surface area contributed by atoms with Crippen molar-refractivity contribution < 1.29 is 22.7 Å². The van der Waals surface area contributed by atoms with Crippen molar-refractivity contribution >= 4 is 15.9 Å². The number of carbonyl (C=O) groups excluding carboxylic acids is 1. The third-order valence-electron chi connectivity index (χ3n) is 4.19. The van der Waals surface area contributed by atoms with Gasteiger partial charge in [-0.25, -0.2) is 8.42 Å². The second-order valence-corrected chi connectivity index (χ2v) is 7.91. The first-order chi connectivity index (χ1) is 13.4. The molecule has 0 aliphatic heterocycles. The Morgan fingerprint density at radius 1 is 0.964 bits per heavy atom. The van der Waals surface area contributed by atoms with Crippen molar-refractivity contribution in [1.82, 2.24) is 9.62 Å². The fourth-order valence-electron chi connectivity index (χ4n) is 2.56. The summed E-state index contributed by atoms with van der Waals surface area (Å²) in [6, 6.07) is 13.5. The van der Waals surface area contributed by atoms with E-state index < -0.39 is 10.0 Å². The molecule has 0 atom stereocenters. The number of nitrogens with zero attached hydrogens (tertiary/aromatic N) is 1. The quantitative estimate of drug-likeness (QED) is 0.655. The van der Waals surface area contributed by atoms with Crippen molar-refractivity contribution in [3.8, 4) is 11.5 Å². The van der Waals surface area contributed by atoms with Gasteiger partial charge in [0.05, 0.1) is 12.0 Å². The number of carbonyl (C=O) groups is 1. The molecule has 0 heterocycles. The zero-order valence-corrected chi connectivity index (χ0v) is 17.2. The standard InChI is InChI=1S/C20H26N2O5S/c1-4-22(5-2)28(24,25)19-12-6-16(7-13-19)14-21-20(23)15-27-18-10-8-17(26-3)9-11-18/h6-13H,4-5,14-15H2,1-3H3,(H,21,23). The van der Waals surface area contributed by atoms with E-state index in [9.17, 15) is 13.2 Å². The van der Waals surface area contributed by atoms with Crippen LogP contribution in [-0.2, 0) is 21.4 Å². The van der Waals surface area contributed by atoms with Gasteiger partial charge < -0.3 is 14.8 Å². The molecule has 0 saturated heterocycles. The maximum absolute atomic E-state index is 12.5. The summed E-state index contributed by atoms with van der Waals surface area (Å²) in [7, 11) is -1.90. The van der Waals surface area contributed by atoms with Gasteiger partial charge in [-0.3, -0.25) is 4.79 Å². The molecule has 2 rings (SSSR count). The molecule has 0 bridgehead atoms. The SMILES string of the molecule is CCN(CC)S(=O)(=O)c1ccc(CNC(=O)COc2ccc(OC)cc2)cc1. The molecule has 0 aliphatic carbocycles. The minimum atomic E-state index is -3.48. The molecule has 0 radical (unpaired) electrons. The highest BCUT2D eigenvalue weighted by Crippen LogP contribution is 2.17.